The van der Waals surface area contributed by atoms with Gasteiger partial charge < -0.3 is 18.1 Å². The summed E-state index contributed by atoms with van der Waals surface area (Å²) in [5.41, 5.74) is 3.05. The van der Waals surface area contributed by atoms with E-state index >= 15 is 0 Å². The standard InChI is InChI=1S/C28H28N4O3/c1-3-26-30-31-28(35-26)25(32-16-7-8-17-32)19-21-11-13-23(14-12-21)33-18-15-24-20(2)34-27(29-24)22-9-5-4-6-10-22/h4-14,16-17,25H,3,15,18-19H2,1-2H3/t25-/m0/s1. The van der Waals surface area contributed by atoms with Gasteiger partial charge in [0.25, 0.3) is 0 Å². The van der Waals surface area contributed by atoms with E-state index in [-0.39, 0.29) is 6.04 Å². The molecule has 0 bridgehead atoms. The topological polar surface area (TPSA) is 79.1 Å². The molecule has 0 aliphatic heterocycles. The average Bonchev–Trinajstić information content (AvgIpc) is 3.66. The third-order valence-electron chi connectivity index (χ3n) is 5.93. The van der Waals surface area contributed by atoms with Crippen LogP contribution in [0.25, 0.3) is 11.5 Å². The summed E-state index contributed by atoms with van der Waals surface area (Å²) in [7, 11) is 0. The third kappa shape index (κ3) is 5.35. The maximum atomic E-state index is 5.99. The lowest BCUT2D eigenvalue weighted by Gasteiger charge is -2.16. The fourth-order valence-corrected chi connectivity index (χ4v) is 3.99. The molecule has 2 aromatic carbocycles. The second kappa shape index (κ2) is 10.4. The number of hydrogen-bond donors (Lipinski definition) is 0. The van der Waals surface area contributed by atoms with Gasteiger partial charge >= 0.3 is 0 Å². The maximum Gasteiger partial charge on any atom is 0.239 e. The van der Waals surface area contributed by atoms with Crippen molar-refractivity contribution >= 4 is 0 Å². The summed E-state index contributed by atoms with van der Waals surface area (Å²) in [6.07, 6.45) is 6.18. The van der Waals surface area contributed by atoms with Gasteiger partial charge in [-0.3, -0.25) is 0 Å². The lowest BCUT2D eigenvalue weighted by atomic mass is 10.1. The van der Waals surface area contributed by atoms with Gasteiger partial charge in [0.15, 0.2) is 0 Å². The molecule has 178 valence electrons. The third-order valence-corrected chi connectivity index (χ3v) is 5.93. The predicted molar refractivity (Wildman–Crippen MR) is 132 cm³/mol. The van der Waals surface area contributed by atoms with Crippen LogP contribution in [0.5, 0.6) is 5.75 Å². The van der Waals surface area contributed by atoms with Crippen molar-refractivity contribution in [1.82, 2.24) is 19.7 Å². The number of aromatic nitrogens is 4. The number of ether oxygens (including phenoxy) is 1. The van der Waals surface area contributed by atoms with Gasteiger partial charge in [-0.2, -0.15) is 0 Å². The lowest BCUT2D eigenvalue weighted by Crippen LogP contribution is -2.12. The first-order chi connectivity index (χ1) is 17.2. The van der Waals surface area contributed by atoms with E-state index in [1.165, 1.54) is 0 Å². The number of oxazole rings is 1. The van der Waals surface area contributed by atoms with Crippen molar-refractivity contribution in [3.8, 4) is 17.2 Å². The van der Waals surface area contributed by atoms with Crippen LogP contribution in [0.1, 0.15) is 41.8 Å². The Morgan fingerprint density at radius 2 is 1.69 bits per heavy atom. The molecule has 3 heterocycles. The van der Waals surface area contributed by atoms with E-state index in [0.29, 0.717) is 30.7 Å². The van der Waals surface area contributed by atoms with Crippen molar-refractivity contribution in [3.05, 3.63) is 108 Å². The maximum absolute atomic E-state index is 5.99. The van der Waals surface area contributed by atoms with Gasteiger partial charge in [0.2, 0.25) is 17.7 Å². The zero-order valence-electron chi connectivity index (χ0n) is 19.9. The SMILES string of the molecule is CCc1nnc([C@H](Cc2ccc(OCCc3nc(-c4ccccc4)oc3C)cc2)n2cccc2)o1. The largest absolute Gasteiger partial charge is 0.493 e. The highest BCUT2D eigenvalue weighted by atomic mass is 16.5. The average molecular weight is 469 g/mol. The van der Waals surface area contributed by atoms with Gasteiger partial charge in [-0.05, 0) is 48.9 Å². The second-order valence-electron chi connectivity index (χ2n) is 8.37. The van der Waals surface area contributed by atoms with E-state index in [1.807, 2.05) is 80.8 Å². The molecule has 1 atom stereocenters. The Labute approximate surface area is 204 Å². The van der Waals surface area contributed by atoms with E-state index < -0.39 is 0 Å². The fourth-order valence-electron chi connectivity index (χ4n) is 3.99. The van der Waals surface area contributed by atoms with Crippen molar-refractivity contribution in [2.24, 2.45) is 0 Å². The molecule has 7 nitrogen and oxygen atoms in total. The lowest BCUT2D eigenvalue weighted by molar-refractivity contribution is 0.319. The van der Waals surface area contributed by atoms with Crippen molar-refractivity contribution in [2.45, 2.75) is 39.2 Å². The Kier molecular flexibility index (Phi) is 6.75. The summed E-state index contributed by atoms with van der Waals surface area (Å²) in [6, 6.07) is 22.0. The number of benzene rings is 2. The van der Waals surface area contributed by atoms with E-state index in [1.54, 1.807) is 0 Å². The van der Waals surface area contributed by atoms with Crippen molar-refractivity contribution in [3.63, 3.8) is 0 Å². The molecule has 35 heavy (non-hydrogen) atoms. The van der Waals surface area contributed by atoms with E-state index in [4.69, 9.17) is 13.6 Å². The van der Waals surface area contributed by atoms with Gasteiger partial charge in [0.1, 0.15) is 17.6 Å². The van der Waals surface area contributed by atoms with Crippen LogP contribution in [0.15, 0.2) is 88.0 Å². The molecule has 3 aromatic heterocycles. The number of hydrogen-bond acceptors (Lipinski definition) is 6. The monoisotopic (exact) mass is 468 g/mol. The first-order valence-electron chi connectivity index (χ1n) is 11.9. The minimum Gasteiger partial charge on any atom is -0.493 e. The molecule has 0 saturated heterocycles. The highest BCUT2D eigenvalue weighted by Gasteiger charge is 2.20. The van der Waals surface area contributed by atoms with Crippen LogP contribution in [-0.4, -0.2) is 26.4 Å². The molecule has 0 fully saturated rings. The molecule has 0 radical (unpaired) electrons. The first kappa shape index (κ1) is 22.7. The normalized spacial score (nSPS) is 12.1. The highest BCUT2D eigenvalue weighted by Crippen LogP contribution is 2.25. The summed E-state index contributed by atoms with van der Waals surface area (Å²) in [4.78, 5) is 4.65. The Morgan fingerprint density at radius 3 is 2.40 bits per heavy atom. The van der Waals surface area contributed by atoms with Gasteiger partial charge in [-0.15, -0.1) is 10.2 Å². The van der Waals surface area contributed by atoms with Crippen LogP contribution < -0.4 is 4.74 Å². The first-order valence-corrected chi connectivity index (χ1v) is 11.9. The second-order valence-corrected chi connectivity index (χ2v) is 8.37. The quantitative estimate of drug-likeness (QED) is 0.256. The Morgan fingerprint density at radius 1 is 0.914 bits per heavy atom. The molecule has 0 spiro atoms. The van der Waals surface area contributed by atoms with Crippen molar-refractivity contribution in [2.75, 3.05) is 6.61 Å². The summed E-state index contributed by atoms with van der Waals surface area (Å²) >= 11 is 0. The van der Waals surface area contributed by atoms with E-state index in [0.717, 1.165) is 41.2 Å². The summed E-state index contributed by atoms with van der Waals surface area (Å²) < 4.78 is 19.8. The van der Waals surface area contributed by atoms with Gasteiger partial charge in [-0.1, -0.05) is 37.3 Å². The predicted octanol–water partition coefficient (Wildman–Crippen LogP) is 5.85. The highest BCUT2D eigenvalue weighted by molar-refractivity contribution is 5.53. The molecular weight excluding hydrogens is 440 g/mol. The molecule has 7 heteroatoms. The molecule has 0 amide bonds. The molecule has 0 aliphatic rings. The number of aryl methyl sites for hydroxylation is 2. The van der Waals surface area contributed by atoms with Crippen LogP contribution in [0, 0.1) is 6.92 Å². The molecule has 0 unspecified atom stereocenters. The van der Waals surface area contributed by atoms with E-state index in [9.17, 15) is 0 Å². The summed E-state index contributed by atoms with van der Waals surface area (Å²) in [6.45, 7) is 4.47. The number of nitrogens with zero attached hydrogens (tertiary/aromatic N) is 4. The minimum absolute atomic E-state index is 0.0569. The molecule has 0 saturated carbocycles. The van der Waals surface area contributed by atoms with Crippen LogP contribution in [-0.2, 0) is 19.3 Å². The zero-order valence-corrected chi connectivity index (χ0v) is 19.9. The van der Waals surface area contributed by atoms with Gasteiger partial charge in [-0.25, -0.2) is 4.98 Å². The van der Waals surface area contributed by atoms with E-state index in [2.05, 4.69) is 31.9 Å². The molecular formula is C28H28N4O3. The summed E-state index contributed by atoms with van der Waals surface area (Å²) in [5.74, 6) is 3.57. The van der Waals surface area contributed by atoms with Crippen LogP contribution in [0.4, 0.5) is 0 Å². The van der Waals surface area contributed by atoms with Crippen molar-refractivity contribution < 1.29 is 13.6 Å². The Balaban J connectivity index is 1.20. The van der Waals surface area contributed by atoms with Crippen molar-refractivity contribution in [1.29, 1.82) is 0 Å². The van der Waals surface area contributed by atoms with Gasteiger partial charge in [0, 0.05) is 37.2 Å². The minimum atomic E-state index is -0.0569. The van der Waals surface area contributed by atoms with Gasteiger partial charge in [0.05, 0.1) is 12.3 Å². The van der Waals surface area contributed by atoms with Crippen LogP contribution in [0.2, 0.25) is 0 Å². The Bertz CT molecular complexity index is 1340. The molecule has 0 N–H and O–H groups in total. The van der Waals surface area contributed by atoms with Crippen LogP contribution >= 0.6 is 0 Å². The molecule has 5 aromatic rings. The zero-order chi connectivity index (χ0) is 24.0. The number of rotatable bonds is 10. The molecule has 5 rings (SSSR count). The molecule has 0 aliphatic carbocycles. The summed E-state index contributed by atoms with van der Waals surface area (Å²) in [5, 5.41) is 8.42. The smallest absolute Gasteiger partial charge is 0.239 e. The van der Waals surface area contributed by atoms with Crippen LogP contribution in [0.3, 0.4) is 0 Å². The fraction of sp³-hybridized carbons (Fsp3) is 0.250. The Hall–Kier alpha value is -4.13.